The standard InChI is InChI=1S/C26H29NO2/c1-15-12-16(2)24-21(13-15)19(5)25(26-28-17(3)14-18(4)29-26)27-22-9-7-6-8-20(22)10-11-23(24)27/h6-14,17,19,23,25-26H,1-5H3. The molecule has 0 amide bonds. The van der Waals surface area contributed by atoms with Gasteiger partial charge in [0.15, 0.2) is 0 Å². The van der Waals surface area contributed by atoms with Crippen LogP contribution in [0.2, 0.25) is 0 Å². The molecule has 3 aliphatic heterocycles. The van der Waals surface area contributed by atoms with Gasteiger partial charge in [0, 0.05) is 11.6 Å². The molecule has 5 rings (SSSR count). The molecule has 3 nitrogen and oxygen atoms in total. The Bertz CT molecular complexity index is 1020. The first-order valence-corrected chi connectivity index (χ1v) is 10.6. The van der Waals surface area contributed by atoms with Crippen LogP contribution in [0, 0.1) is 13.8 Å². The topological polar surface area (TPSA) is 21.7 Å². The van der Waals surface area contributed by atoms with Crippen LogP contribution in [-0.4, -0.2) is 18.4 Å². The Morgan fingerprint density at radius 1 is 1.00 bits per heavy atom. The van der Waals surface area contributed by atoms with Crippen molar-refractivity contribution >= 4 is 11.8 Å². The van der Waals surface area contributed by atoms with Crippen molar-refractivity contribution in [1.29, 1.82) is 0 Å². The van der Waals surface area contributed by atoms with Crippen LogP contribution in [0.25, 0.3) is 6.08 Å². The second-order valence-corrected chi connectivity index (χ2v) is 8.74. The number of hydrogen-bond donors (Lipinski definition) is 0. The molecule has 3 heterocycles. The monoisotopic (exact) mass is 387 g/mol. The highest BCUT2D eigenvalue weighted by Gasteiger charge is 2.46. The van der Waals surface area contributed by atoms with E-state index in [1.165, 1.54) is 33.5 Å². The van der Waals surface area contributed by atoms with Gasteiger partial charge in [-0.25, -0.2) is 0 Å². The normalized spacial score (nSPS) is 30.0. The summed E-state index contributed by atoms with van der Waals surface area (Å²) in [5.74, 6) is 1.23. The molecule has 150 valence electrons. The van der Waals surface area contributed by atoms with Crippen LogP contribution in [0.3, 0.4) is 0 Å². The van der Waals surface area contributed by atoms with Crippen molar-refractivity contribution in [2.24, 2.45) is 0 Å². The van der Waals surface area contributed by atoms with Crippen molar-refractivity contribution in [3.63, 3.8) is 0 Å². The molecule has 0 spiro atoms. The van der Waals surface area contributed by atoms with Crippen molar-refractivity contribution in [2.75, 3.05) is 4.90 Å². The van der Waals surface area contributed by atoms with Crippen molar-refractivity contribution in [2.45, 2.75) is 65.0 Å². The summed E-state index contributed by atoms with van der Waals surface area (Å²) in [4.78, 5) is 2.54. The summed E-state index contributed by atoms with van der Waals surface area (Å²) < 4.78 is 12.6. The summed E-state index contributed by atoms with van der Waals surface area (Å²) in [6, 6.07) is 13.6. The van der Waals surface area contributed by atoms with Gasteiger partial charge in [-0.2, -0.15) is 0 Å². The summed E-state index contributed by atoms with van der Waals surface area (Å²) in [5.41, 5.74) is 8.04. The van der Waals surface area contributed by atoms with Gasteiger partial charge in [-0.3, -0.25) is 0 Å². The van der Waals surface area contributed by atoms with E-state index in [2.05, 4.69) is 81.1 Å². The number of ether oxygens (including phenoxy) is 2. The van der Waals surface area contributed by atoms with Crippen molar-refractivity contribution in [3.8, 4) is 0 Å². The molecule has 2 aromatic rings. The molecule has 0 saturated heterocycles. The quantitative estimate of drug-likeness (QED) is 0.596. The third-order valence-corrected chi connectivity index (χ3v) is 6.55. The molecule has 0 saturated carbocycles. The molecule has 2 aromatic carbocycles. The number of aryl methyl sites for hydroxylation is 2. The molecule has 0 fully saturated rings. The number of fused-ring (bicyclic) bond motifs is 5. The lowest BCUT2D eigenvalue weighted by atomic mass is 9.76. The summed E-state index contributed by atoms with van der Waals surface area (Å²) in [5, 5.41) is 0. The van der Waals surface area contributed by atoms with Crippen LogP contribution < -0.4 is 4.90 Å². The molecule has 3 heteroatoms. The molecular weight excluding hydrogens is 358 g/mol. The maximum atomic E-state index is 6.34. The zero-order valence-corrected chi connectivity index (χ0v) is 17.8. The minimum Gasteiger partial charge on any atom is -0.468 e. The Morgan fingerprint density at radius 3 is 2.59 bits per heavy atom. The molecule has 0 radical (unpaired) electrons. The fourth-order valence-corrected chi connectivity index (χ4v) is 5.45. The first-order chi connectivity index (χ1) is 13.9. The van der Waals surface area contributed by atoms with Crippen LogP contribution in [0.5, 0.6) is 0 Å². The second-order valence-electron chi connectivity index (χ2n) is 8.74. The van der Waals surface area contributed by atoms with E-state index in [9.17, 15) is 0 Å². The van der Waals surface area contributed by atoms with Gasteiger partial charge < -0.3 is 14.4 Å². The largest absolute Gasteiger partial charge is 0.468 e. The minimum absolute atomic E-state index is 0.0515. The minimum atomic E-state index is -0.305. The lowest BCUT2D eigenvalue weighted by Gasteiger charge is -2.52. The number of allylic oxidation sites excluding steroid dienone is 1. The molecule has 5 atom stereocenters. The number of rotatable bonds is 1. The number of hydrogen-bond acceptors (Lipinski definition) is 3. The molecule has 0 N–H and O–H groups in total. The number of benzene rings is 2. The van der Waals surface area contributed by atoms with E-state index in [-0.39, 0.29) is 30.4 Å². The average Bonchev–Trinajstić information content (AvgIpc) is 2.67. The molecule has 0 aromatic heterocycles. The highest BCUT2D eigenvalue weighted by atomic mass is 16.7. The van der Waals surface area contributed by atoms with Crippen molar-refractivity contribution in [1.82, 2.24) is 0 Å². The first kappa shape index (κ1) is 18.5. The molecule has 5 unspecified atom stereocenters. The summed E-state index contributed by atoms with van der Waals surface area (Å²) in [7, 11) is 0. The van der Waals surface area contributed by atoms with E-state index in [4.69, 9.17) is 9.47 Å². The van der Waals surface area contributed by atoms with Gasteiger partial charge in [0.25, 0.3) is 0 Å². The molecule has 3 aliphatic rings. The predicted octanol–water partition coefficient (Wildman–Crippen LogP) is 6.03. The van der Waals surface area contributed by atoms with Crippen LogP contribution in [-0.2, 0) is 9.47 Å². The Labute approximate surface area is 173 Å². The van der Waals surface area contributed by atoms with Gasteiger partial charge in [0.1, 0.15) is 0 Å². The number of nitrogens with zero attached hydrogens (tertiary/aromatic N) is 1. The fraction of sp³-hybridized carbons (Fsp3) is 0.385. The van der Waals surface area contributed by atoms with E-state index in [1.54, 1.807) is 0 Å². The third-order valence-electron chi connectivity index (χ3n) is 6.55. The van der Waals surface area contributed by atoms with E-state index in [0.29, 0.717) is 0 Å². The van der Waals surface area contributed by atoms with Gasteiger partial charge in [0.05, 0.1) is 23.9 Å². The summed E-state index contributed by atoms with van der Waals surface area (Å²) in [6.45, 7) is 10.9. The van der Waals surface area contributed by atoms with Gasteiger partial charge in [-0.15, -0.1) is 0 Å². The Morgan fingerprint density at radius 2 is 1.79 bits per heavy atom. The Kier molecular flexibility index (Phi) is 4.32. The van der Waals surface area contributed by atoms with E-state index in [0.717, 1.165) is 5.76 Å². The molecule has 29 heavy (non-hydrogen) atoms. The maximum absolute atomic E-state index is 6.34. The highest BCUT2D eigenvalue weighted by Crippen LogP contribution is 2.50. The van der Waals surface area contributed by atoms with Gasteiger partial charge in [-0.1, -0.05) is 55.0 Å². The second kappa shape index (κ2) is 6.77. The number of anilines is 1. The Hall–Kier alpha value is -2.52. The first-order valence-electron chi connectivity index (χ1n) is 10.6. The average molecular weight is 388 g/mol. The lowest BCUT2D eigenvalue weighted by Crippen LogP contribution is -2.55. The summed E-state index contributed by atoms with van der Waals surface area (Å²) >= 11 is 0. The zero-order valence-electron chi connectivity index (χ0n) is 17.8. The zero-order chi connectivity index (χ0) is 20.3. The fourth-order valence-electron chi connectivity index (χ4n) is 5.45. The van der Waals surface area contributed by atoms with Crippen molar-refractivity contribution < 1.29 is 9.47 Å². The van der Waals surface area contributed by atoms with Crippen LogP contribution >= 0.6 is 0 Å². The number of para-hydroxylation sites is 1. The smallest absolute Gasteiger partial charge is 0.221 e. The lowest BCUT2D eigenvalue weighted by molar-refractivity contribution is -0.165. The van der Waals surface area contributed by atoms with Crippen LogP contribution in [0.15, 0.2) is 54.3 Å². The predicted molar refractivity (Wildman–Crippen MR) is 118 cm³/mol. The van der Waals surface area contributed by atoms with Gasteiger partial charge in [0.2, 0.25) is 6.29 Å². The molecular formula is C26H29NO2. The third kappa shape index (κ3) is 2.91. The van der Waals surface area contributed by atoms with E-state index in [1.807, 2.05) is 13.0 Å². The maximum Gasteiger partial charge on any atom is 0.221 e. The van der Waals surface area contributed by atoms with Crippen molar-refractivity contribution in [3.05, 3.63) is 82.1 Å². The van der Waals surface area contributed by atoms with E-state index >= 15 is 0 Å². The van der Waals surface area contributed by atoms with Crippen LogP contribution in [0.1, 0.15) is 60.5 Å². The van der Waals surface area contributed by atoms with Gasteiger partial charge in [-0.05, 0) is 62.1 Å². The van der Waals surface area contributed by atoms with E-state index < -0.39 is 0 Å². The highest BCUT2D eigenvalue weighted by molar-refractivity contribution is 5.75. The Balaban J connectivity index is 1.71. The summed E-state index contributed by atoms with van der Waals surface area (Å²) in [6.07, 6.45) is 6.41. The SMILES string of the molecule is CC1=CC(C)OC(C2C(C)c3cc(C)cc(C)c3C3C=Cc4ccccc4N32)O1. The molecule has 0 bridgehead atoms. The molecule has 0 aliphatic carbocycles. The van der Waals surface area contributed by atoms with Crippen LogP contribution in [0.4, 0.5) is 5.69 Å². The van der Waals surface area contributed by atoms with Gasteiger partial charge >= 0.3 is 0 Å².